The number of anilines is 2. The van der Waals surface area contributed by atoms with Crippen LogP contribution in [-0.2, 0) is 45.1 Å². The van der Waals surface area contributed by atoms with Crippen LogP contribution in [-0.4, -0.2) is 124 Å². The van der Waals surface area contributed by atoms with Gasteiger partial charge in [-0.3, -0.25) is 9.59 Å². The summed E-state index contributed by atoms with van der Waals surface area (Å²) in [4.78, 5) is 43.6. The Bertz CT molecular complexity index is 4570. The van der Waals surface area contributed by atoms with Gasteiger partial charge in [0.25, 0.3) is 15.0 Å². The minimum atomic E-state index is -3.69. The van der Waals surface area contributed by atoms with E-state index in [2.05, 4.69) is 54.5 Å². The standard InChI is InChI=1S/C28H26N4O3S2.C17H12N2OS.C11H18N2O3S.C7H10ClNO3S.C4H9N/c1-17-24(29-18(2)26(17)37(34,35)32-12-6-7-13-32)15-22-21-14-20(10-11-23(21)30-27(22)33)25-16-36-28(31-25)19-8-4-3-5-9-19;20-16-9-13-8-12(6-7-14(13)18-16)15-10-21-17(19-15)11-4-2-1-3-5-11;1-8-10(9(2)12-11(8)16-3)17(14,15)13-6-4-5-7-13;1-4-6(13(8,10)11)5(2)9-7(4)12-3;1-2-4-5-3-1/h3-5,8-11,14-16,29H,6-7,12-13H2,1-2H3,(H,30,33);1-8,10H,9H2,(H,18,20);12H,4-7H2,1-3H3;9H,1-3H3;5H,1-4H2/b22-15-;;;;. The van der Waals surface area contributed by atoms with E-state index in [-0.39, 0.29) is 16.7 Å². The molecular weight excluding hydrogens is 1300 g/mol. The van der Waals surface area contributed by atoms with Gasteiger partial charge >= 0.3 is 0 Å². The fraction of sp³-hybridized carbons (Fsp3) is 0.313. The van der Waals surface area contributed by atoms with E-state index in [1.807, 2.05) is 84.2 Å². The highest BCUT2D eigenvalue weighted by atomic mass is 35.7. The average molecular weight is 1380 g/mol. The Labute approximate surface area is 555 Å². The number of carbonyl (C=O) groups excluding carboxylic acids is 2. The number of rotatable bonds is 12. The summed E-state index contributed by atoms with van der Waals surface area (Å²) in [6, 6.07) is 32.0. The molecule has 0 aliphatic carbocycles. The van der Waals surface area contributed by atoms with E-state index < -0.39 is 29.1 Å². The third kappa shape index (κ3) is 15.3. The summed E-state index contributed by atoms with van der Waals surface area (Å²) in [6.07, 6.45) is 8.64. The number of methoxy groups -OCH3 is 2. The maximum atomic E-state index is 13.3. The van der Waals surface area contributed by atoms with E-state index in [0.717, 1.165) is 91.8 Å². The number of amides is 2. The van der Waals surface area contributed by atoms with E-state index in [4.69, 9.17) is 30.1 Å². The monoisotopic (exact) mass is 1370 g/mol. The number of fused-ring (bicyclic) bond motifs is 2. The van der Waals surface area contributed by atoms with Gasteiger partial charge in [0.05, 0.1) is 37.6 Å². The molecule has 0 unspecified atom stereocenters. The molecule has 0 atom stereocenters. The van der Waals surface area contributed by atoms with E-state index in [1.54, 1.807) is 78.9 Å². The molecule has 26 heteroatoms. The molecular formula is C67H75ClN10O10S5. The highest BCUT2D eigenvalue weighted by molar-refractivity contribution is 8.13. The number of hydrogen-bond donors (Lipinski definition) is 6. The molecule has 93 heavy (non-hydrogen) atoms. The molecule has 5 aliphatic heterocycles. The van der Waals surface area contributed by atoms with Crippen LogP contribution >= 0.6 is 33.4 Å². The van der Waals surface area contributed by atoms with Gasteiger partial charge in [-0.2, -0.15) is 8.61 Å². The summed E-state index contributed by atoms with van der Waals surface area (Å²) in [7, 11) is -2.42. The molecule has 0 radical (unpaired) electrons. The minimum absolute atomic E-state index is 0.0606. The van der Waals surface area contributed by atoms with E-state index in [9.17, 15) is 34.8 Å². The van der Waals surface area contributed by atoms with E-state index in [1.165, 1.54) is 40.2 Å². The van der Waals surface area contributed by atoms with Crippen LogP contribution in [0, 0.1) is 41.5 Å². The second-order valence-electron chi connectivity index (χ2n) is 22.9. The summed E-state index contributed by atoms with van der Waals surface area (Å²) < 4.78 is 86.8. The molecule has 3 fully saturated rings. The Morgan fingerprint density at radius 3 is 1.46 bits per heavy atom. The third-order valence-electron chi connectivity index (χ3n) is 16.5. The predicted molar refractivity (Wildman–Crippen MR) is 370 cm³/mol. The maximum Gasteiger partial charge on any atom is 0.263 e. The van der Waals surface area contributed by atoms with Crippen molar-refractivity contribution in [2.45, 2.75) is 101 Å². The lowest BCUT2D eigenvalue weighted by Gasteiger charge is -2.16. The number of sulfonamides is 2. The Morgan fingerprint density at radius 1 is 0.538 bits per heavy atom. The molecule has 6 N–H and O–H groups in total. The number of halogens is 1. The predicted octanol–water partition coefficient (Wildman–Crippen LogP) is 13.0. The van der Waals surface area contributed by atoms with Gasteiger partial charge in [0.2, 0.25) is 26.0 Å². The molecule has 2 amide bonds. The molecule has 14 rings (SSSR count). The zero-order valence-electron chi connectivity index (χ0n) is 53.0. The lowest BCUT2D eigenvalue weighted by atomic mass is 10.0. The van der Waals surface area contributed by atoms with Crippen molar-refractivity contribution in [3.05, 3.63) is 158 Å². The number of aromatic amines is 3. The largest absolute Gasteiger partial charge is 0.482 e. The van der Waals surface area contributed by atoms with Crippen molar-refractivity contribution in [2.75, 3.05) is 64.1 Å². The topological polar surface area (TPSA) is 271 Å². The second-order valence-corrected chi connectivity index (χ2v) is 30.9. The summed E-state index contributed by atoms with van der Waals surface area (Å²) in [5.41, 5.74) is 14.1. The number of nitrogens with one attached hydrogen (secondary N) is 6. The van der Waals surface area contributed by atoms with Gasteiger partial charge in [-0.1, -0.05) is 72.8 Å². The first-order chi connectivity index (χ1) is 44.5. The zero-order valence-corrected chi connectivity index (χ0v) is 57.8. The van der Waals surface area contributed by atoms with Crippen molar-refractivity contribution in [1.29, 1.82) is 0 Å². The highest BCUT2D eigenvalue weighted by Crippen LogP contribution is 2.40. The van der Waals surface area contributed by atoms with Crippen LogP contribution in [0.5, 0.6) is 11.8 Å². The number of nitrogens with zero attached hydrogens (tertiary/aromatic N) is 4. The van der Waals surface area contributed by atoms with Gasteiger partial charge in [0, 0.05) is 121 Å². The number of H-pyrrole nitrogens is 3. The van der Waals surface area contributed by atoms with Crippen molar-refractivity contribution < 1.29 is 44.3 Å². The van der Waals surface area contributed by atoms with Gasteiger partial charge in [0.1, 0.15) is 24.7 Å². The molecule has 0 spiro atoms. The van der Waals surface area contributed by atoms with Gasteiger partial charge < -0.3 is 40.4 Å². The lowest BCUT2D eigenvalue weighted by Crippen LogP contribution is -2.28. The molecule has 0 saturated carbocycles. The maximum absolute atomic E-state index is 13.3. The molecule has 4 aromatic carbocycles. The molecule has 3 saturated heterocycles. The fourth-order valence-electron chi connectivity index (χ4n) is 11.9. The van der Waals surface area contributed by atoms with Crippen LogP contribution in [0.15, 0.2) is 123 Å². The average Bonchev–Trinajstić information content (AvgIpc) is 1.64. The number of hydrogen-bond acceptors (Lipinski definition) is 15. The summed E-state index contributed by atoms with van der Waals surface area (Å²) in [6.45, 7) is 15.2. The number of aryl methyl sites for hydroxylation is 3. The first-order valence-corrected chi connectivity index (χ1v) is 37.4. The Morgan fingerprint density at radius 2 is 1.00 bits per heavy atom. The quantitative estimate of drug-likeness (QED) is 0.0491. The van der Waals surface area contributed by atoms with Crippen molar-refractivity contribution in [3.8, 4) is 55.4 Å². The smallest absolute Gasteiger partial charge is 0.263 e. The first-order valence-electron chi connectivity index (χ1n) is 30.4. The Kier molecular flexibility index (Phi) is 21.5. The van der Waals surface area contributed by atoms with Crippen LogP contribution in [0.3, 0.4) is 0 Å². The van der Waals surface area contributed by atoms with Crippen molar-refractivity contribution >= 4 is 97.3 Å². The second kappa shape index (κ2) is 29.3. The Hall–Kier alpha value is -7.72. The van der Waals surface area contributed by atoms with Crippen LogP contribution in [0.1, 0.15) is 89.1 Å². The summed E-state index contributed by atoms with van der Waals surface area (Å²) in [5, 5.41) is 15.0. The van der Waals surface area contributed by atoms with Crippen LogP contribution in [0.2, 0.25) is 0 Å². The van der Waals surface area contributed by atoms with Gasteiger partial charge in [-0.05, 0) is 135 Å². The fourth-order valence-corrected chi connectivity index (χ4v) is 18.9. The number of thiazole rings is 2. The summed E-state index contributed by atoms with van der Waals surface area (Å²) in [5.74, 6) is 0.799. The molecule has 9 aromatic rings. The number of aromatic nitrogens is 5. The minimum Gasteiger partial charge on any atom is -0.482 e. The van der Waals surface area contributed by atoms with Crippen molar-refractivity contribution in [3.63, 3.8) is 0 Å². The molecule has 5 aliphatic rings. The molecule has 5 aromatic heterocycles. The summed E-state index contributed by atoms with van der Waals surface area (Å²) >= 11 is 3.22. The molecule has 20 nitrogen and oxygen atoms in total. The normalized spacial score (nSPS) is 15.8. The third-order valence-corrected chi connectivity index (χ3v) is 24.1. The van der Waals surface area contributed by atoms with Crippen LogP contribution < -0.4 is 25.4 Å². The van der Waals surface area contributed by atoms with Crippen molar-refractivity contribution in [2.24, 2.45) is 0 Å². The highest BCUT2D eigenvalue weighted by Gasteiger charge is 2.35. The van der Waals surface area contributed by atoms with Gasteiger partial charge in [-0.25, -0.2) is 35.2 Å². The molecule has 490 valence electrons. The van der Waals surface area contributed by atoms with Gasteiger partial charge in [-0.15, -0.1) is 22.7 Å². The van der Waals surface area contributed by atoms with E-state index in [0.29, 0.717) is 99.2 Å². The van der Waals surface area contributed by atoms with E-state index >= 15 is 0 Å². The first kappa shape index (κ1) is 68.1. The van der Waals surface area contributed by atoms with Crippen molar-refractivity contribution in [1.82, 2.24) is 38.8 Å². The molecule has 10 heterocycles. The molecule has 0 bridgehead atoms. The Balaban J connectivity index is 0.000000143. The number of carbonyl (C=O) groups is 2. The number of benzene rings is 4. The lowest BCUT2D eigenvalue weighted by molar-refractivity contribution is -0.115. The number of ether oxygens (including phenoxy) is 2. The van der Waals surface area contributed by atoms with Gasteiger partial charge in [0.15, 0.2) is 11.8 Å². The zero-order chi connectivity index (χ0) is 66.4. The van der Waals surface area contributed by atoms with Crippen LogP contribution in [0.25, 0.3) is 55.3 Å². The SMILES string of the molecule is C1CCNC1.COc1[nH]c(C)c(S(=O)(=O)Cl)c1C.COc1[nH]c(C)c(S(=O)(=O)N2CCCC2)c1C.Cc1[nH]c(/C=C2\C(=O)Nc3ccc(-c4csc(-c5ccccc5)n4)cc32)c(C)c1S(=O)(=O)N1CCCC1.O=C1Cc2cc(-c3csc(-c4ccccc4)n3)ccc2N1. The van der Waals surface area contributed by atoms with Crippen LogP contribution in [0.4, 0.5) is 11.4 Å².